The van der Waals surface area contributed by atoms with Crippen molar-refractivity contribution in [2.75, 3.05) is 11.5 Å². The normalized spacial score (nSPS) is 21.8. The van der Waals surface area contributed by atoms with Gasteiger partial charge in [0.2, 0.25) is 0 Å². The van der Waals surface area contributed by atoms with E-state index in [-0.39, 0.29) is 5.91 Å². The largest absolute Gasteiger partial charge is 0.399 e. The fraction of sp³-hybridized carbons (Fsp3) is 0.438. The van der Waals surface area contributed by atoms with Crippen molar-refractivity contribution >= 4 is 44.8 Å². The van der Waals surface area contributed by atoms with Crippen LogP contribution in [0.1, 0.15) is 35.9 Å². The van der Waals surface area contributed by atoms with E-state index in [1.807, 2.05) is 36.0 Å². The van der Waals surface area contributed by atoms with Gasteiger partial charge in [-0.15, -0.1) is 11.3 Å². The van der Waals surface area contributed by atoms with Crippen LogP contribution in [0.25, 0.3) is 10.1 Å². The Bertz CT molecular complexity index is 653. The first kappa shape index (κ1) is 14.7. The Hall–Kier alpha value is -1.20. The molecule has 1 heterocycles. The highest BCUT2D eigenvalue weighted by atomic mass is 32.2. The van der Waals surface area contributed by atoms with Gasteiger partial charge in [0.15, 0.2) is 0 Å². The number of hydrogen-bond donors (Lipinski definition) is 2. The minimum absolute atomic E-state index is 0.0587. The molecule has 112 valence electrons. The van der Waals surface area contributed by atoms with Gasteiger partial charge in [0.1, 0.15) is 0 Å². The van der Waals surface area contributed by atoms with Crippen LogP contribution < -0.4 is 11.1 Å². The van der Waals surface area contributed by atoms with Crippen molar-refractivity contribution in [3.8, 4) is 0 Å². The zero-order valence-corrected chi connectivity index (χ0v) is 13.7. The molecule has 1 aliphatic carbocycles. The number of nitrogens with two attached hydrogens (primary N) is 1. The molecular formula is C16H20N2OS2. The smallest absolute Gasteiger partial charge is 0.261 e. The number of rotatable bonds is 4. The van der Waals surface area contributed by atoms with Crippen molar-refractivity contribution in [1.82, 2.24) is 5.32 Å². The minimum Gasteiger partial charge on any atom is -0.399 e. The lowest BCUT2D eigenvalue weighted by Gasteiger charge is -2.19. The van der Waals surface area contributed by atoms with Crippen molar-refractivity contribution in [2.45, 2.75) is 37.5 Å². The highest BCUT2D eigenvalue weighted by molar-refractivity contribution is 7.99. The Morgan fingerprint density at radius 2 is 2.29 bits per heavy atom. The Morgan fingerprint density at radius 1 is 1.43 bits per heavy atom. The van der Waals surface area contributed by atoms with Crippen LogP contribution in [0.4, 0.5) is 5.69 Å². The number of benzene rings is 1. The van der Waals surface area contributed by atoms with Crippen LogP contribution in [-0.2, 0) is 0 Å². The molecule has 1 amide bonds. The van der Waals surface area contributed by atoms with Crippen LogP contribution in [0.15, 0.2) is 24.3 Å². The summed E-state index contributed by atoms with van der Waals surface area (Å²) in [7, 11) is 0. The van der Waals surface area contributed by atoms with Gasteiger partial charge in [-0.05, 0) is 48.2 Å². The van der Waals surface area contributed by atoms with Gasteiger partial charge in [-0.3, -0.25) is 4.79 Å². The van der Waals surface area contributed by atoms with E-state index in [1.165, 1.54) is 24.2 Å². The lowest BCUT2D eigenvalue weighted by atomic mass is 10.2. The summed E-state index contributed by atoms with van der Waals surface area (Å²) in [4.78, 5) is 13.2. The third-order valence-electron chi connectivity index (χ3n) is 3.91. The molecule has 21 heavy (non-hydrogen) atoms. The number of carbonyl (C=O) groups is 1. The zero-order valence-electron chi connectivity index (χ0n) is 12.1. The van der Waals surface area contributed by atoms with Gasteiger partial charge in [0.25, 0.3) is 5.91 Å². The van der Waals surface area contributed by atoms with E-state index >= 15 is 0 Å². The third-order valence-corrected chi connectivity index (χ3v) is 6.35. The summed E-state index contributed by atoms with van der Waals surface area (Å²) in [6.07, 6.45) is 3.53. The van der Waals surface area contributed by atoms with E-state index in [2.05, 4.69) is 12.2 Å². The molecule has 3 N–H and O–H groups in total. The molecule has 0 bridgehead atoms. The topological polar surface area (TPSA) is 55.1 Å². The van der Waals surface area contributed by atoms with Gasteiger partial charge in [0, 0.05) is 21.7 Å². The van der Waals surface area contributed by atoms with Gasteiger partial charge in [-0.25, -0.2) is 0 Å². The summed E-state index contributed by atoms with van der Waals surface area (Å²) in [6.45, 7) is 2.18. The number of nitrogens with one attached hydrogen (secondary N) is 1. The van der Waals surface area contributed by atoms with Crippen LogP contribution in [-0.4, -0.2) is 23.0 Å². The highest BCUT2D eigenvalue weighted by Gasteiger charge is 2.29. The van der Waals surface area contributed by atoms with Crippen molar-refractivity contribution in [3.05, 3.63) is 29.1 Å². The molecule has 2 aromatic rings. The number of amides is 1. The Kier molecular flexibility index (Phi) is 4.40. The average molecular weight is 320 g/mol. The fourth-order valence-electron chi connectivity index (χ4n) is 2.92. The summed E-state index contributed by atoms with van der Waals surface area (Å²) in [5, 5.41) is 4.85. The van der Waals surface area contributed by atoms with Crippen LogP contribution >= 0.6 is 23.1 Å². The van der Waals surface area contributed by atoms with E-state index < -0.39 is 0 Å². The third kappa shape index (κ3) is 3.19. The van der Waals surface area contributed by atoms with Crippen molar-refractivity contribution < 1.29 is 4.79 Å². The summed E-state index contributed by atoms with van der Waals surface area (Å²) in [6, 6.07) is 8.05. The molecule has 1 fully saturated rings. The Labute approximate surface area is 133 Å². The Morgan fingerprint density at radius 3 is 3.10 bits per heavy atom. The number of thiophene rings is 1. The molecule has 2 atom stereocenters. The van der Waals surface area contributed by atoms with Crippen LogP contribution in [0.5, 0.6) is 0 Å². The maximum atomic E-state index is 12.5. The summed E-state index contributed by atoms with van der Waals surface area (Å²) >= 11 is 3.50. The van der Waals surface area contributed by atoms with Gasteiger partial charge in [-0.1, -0.05) is 13.3 Å². The maximum absolute atomic E-state index is 12.5. The molecule has 1 aromatic heterocycles. The predicted octanol–water partition coefficient (Wildman–Crippen LogP) is 3.89. The molecule has 1 saturated carbocycles. The average Bonchev–Trinajstić information content (AvgIpc) is 3.06. The SMILES string of the molecule is CCSC1CCCC1NC(=O)c1cc2cc(N)ccc2s1. The van der Waals surface area contributed by atoms with Gasteiger partial charge < -0.3 is 11.1 Å². The number of nitrogen functional groups attached to an aromatic ring is 1. The molecule has 3 rings (SSSR count). The molecule has 2 unspecified atom stereocenters. The van der Waals surface area contributed by atoms with Gasteiger partial charge >= 0.3 is 0 Å². The second kappa shape index (κ2) is 6.28. The van der Waals surface area contributed by atoms with E-state index in [9.17, 15) is 4.79 Å². The molecule has 1 aromatic carbocycles. The summed E-state index contributed by atoms with van der Waals surface area (Å²) < 4.78 is 1.11. The number of fused-ring (bicyclic) bond motifs is 1. The molecule has 0 radical (unpaired) electrons. The molecule has 3 nitrogen and oxygen atoms in total. The lowest BCUT2D eigenvalue weighted by molar-refractivity contribution is 0.0943. The van der Waals surface area contributed by atoms with E-state index in [1.54, 1.807) is 0 Å². The molecule has 0 aliphatic heterocycles. The van der Waals surface area contributed by atoms with E-state index in [0.29, 0.717) is 11.3 Å². The molecular weight excluding hydrogens is 300 g/mol. The molecule has 1 aliphatic rings. The monoisotopic (exact) mass is 320 g/mol. The summed E-state index contributed by atoms with van der Waals surface area (Å²) in [5.74, 6) is 1.17. The minimum atomic E-state index is 0.0587. The summed E-state index contributed by atoms with van der Waals surface area (Å²) in [5.41, 5.74) is 6.53. The van der Waals surface area contributed by atoms with Crippen molar-refractivity contribution in [1.29, 1.82) is 0 Å². The standard InChI is InChI=1S/C16H20N2OS2/c1-2-20-14-5-3-4-12(14)18-16(19)15-9-10-8-11(17)6-7-13(10)21-15/h6-9,12,14H,2-5,17H2,1H3,(H,18,19). The number of thioether (sulfide) groups is 1. The van der Waals surface area contributed by atoms with Crippen LogP contribution in [0.3, 0.4) is 0 Å². The maximum Gasteiger partial charge on any atom is 0.261 e. The number of carbonyl (C=O) groups excluding carboxylic acids is 1. The van der Waals surface area contributed by atoms with E-state index in [0.717, 1.165) is 32.8 Å². The lowest BCUT2D eigenvalue weighted by Crippen LogP contribution is -2.38. The van der Waals surface area contributed by atoms with Gasteiger partial charge in [-0.2, -0.15) is 11.8 Å². The molecule has 0 spiro atoms. The van der Waals surface area contributed by atoms with Crippen LogP contribution in [0.2, 0.25) is 0 Å². The highest BCUT2D eigenvalue weighted by Crippen LogP contribution is 2.31. The second-order valence-corrected chi connectivity index (χ2v) is 8.01. The molecule has 5 heteroatoms. The molecule has 0 saturated heterocycles. The quantitative estimate of drug-likeness (QED) is 0.840. The first-order valence-electron chi connectivity index (χ1n) is 7.39. The zero-order chi connectivity index (χ0) is 14.8. The predicted molar refractivity (Wildman–Crippen MR) is 93.3 cm³/mol. The Balaban J connectivity index is 1.74. The van der Waals surface area contributed by atoms with E-state index in [4.69, 9.17) is 5.73 Å². The van der Waals surface area contributed by atoms with Gasteiger partial charge in [0.05, 0.1) is 4.88 Å². The fourth-order valence-corrected chi connectivity index (χ4v) is 5.06. The van der Waals surface area contributed by atoms with Crippen molar-refractivity contribution in [2.24, 2.45) is 0 Å². The first-order chi connectivity index (χ1) is 10.2. The number of anilines is 1. The first-order valence-corrected chi connectivity index (χ1v) is 9.25. The van der Waals surface area contributed by atoms with Crippen molar-refractivity contribution in [3.63, 3.8) is 0 Å². The second-order valence-electron chi connectivity index (χ2n) is 5.41. The number of hydrogen-bond acceptors (Lipinski definition) is 4. The van der Waals surface area contributed by atoms with Crippen LogP contribution in [0, 0.1) is 0 Å².